The summed E-state index contributed by atoms with van der Waals surface area (Å²) in [6, 6.07) is -0.530. The Morgan fingerprint density at radius 1 is 1.38 bits per heavy atom. The standard InChI is InChI=1S/C12H26N2O2/c1-6-12(5,7-8-15)14-10(16)9(13)11(2,3)4/h9,15H,6-8,13H2,1-5H3,(H,14,16). The number of carbonyl (C=O) groups excluding carboxylic acids is 1. The first kappa shape index (κ1) is 15.4. The maximum Gasteiger partial charge on any atom is 0.237 e. The number of hydrogen-bond acceptors (Lipinski definition) is 3. The van der Waals surface area contributed by atoms with Gasteiger partial charge in [-0.2, -0.15) is 0 Å². The van der Waals surface area contributed by atoms with Crippen molar-refractivity contribution >= 4 is 5.91 Å². The van der Waals surface area contributed by atoms with Gasteiger partial charge in [-0.3, -0.25) is 4.79 Å². The van der Waals surface area contributed by atoms with Crippen LogP contribution >= 0.6 is 0 Å². The molecule has 0 aliphatic carbocycles. The van der Waals surface area contributed by atoms with Gasteiger partial charge < -0.3 is 16.2 Å². The molecule has 0 radical (unpaired) electrons. The van der Waals surface area contributed by atoms with Crippen molar-refractivity contribution in [3.63, 3.8) is 0 Å². The van der Waals surface area contributed by atoms with E-state index in [4.69, 9.17) is 10.8 Å². The van der Waals surface area contributed by atoms with E-state index >= 15 is 0 Å². The van der Waals surface area contributed by atoms with Crippen molar-refractivity contribution in [2.45, 2.75) is 59.0 Å². The van der Waals surface area contributed by atoms with Crippen molar-refractivity contribution in [1.29, 1.82) is 0 Å². The van der Waals surface area contributed by atoms with Crippen LogP contribution in [0.4, 0.5) is 0 Å². The lowest BCUT2D eigenvalue weighted by atomic mass is 9.85. The Bertz CT molecular complexity index is 236. The molecule has 0 spiro atoms. The highest BCUT2D eigenvalue weighted by atomic mass is 16.3. The van der Waals surface area contributed by atoms with Crippen molar-refractivity contribution in [1.82, 2.24) is 5.32 Å². The van der Waals surface area contributed by atoms with E-state index in [1.165, 1.54) is 0 Å². The summed E-state index contributed by atoms with van der Waals surface area (Å²) in [7, 11) is 0. The highest BCUT2D eigenvalue weighted by molar-refractivity contribution is 5.83. The van der Waals surface area contributed by atoms with Crippen molar-refractivity contribution in [3.8, 4) is 0 Å². The molecule has 4 nitrogen and oxygen atoms in total. The lowest BCUT2D eigenvalue weighted by Crippen LogP contribution is -2.55. The maximum atomic E-state index is 11.9. The Morgan fingerprint density at radius 3 is 2.19 bits per heavy atom. The van der Waals surface area contributed by atoms with E-state index in [-0.39, 0.29) is 23.5 Å². The van der Waals surface area contributed by atoms with E-state index in [1.54, 1.807) is 0 Å². The first-order valence-corrected chi connectivity index (χ1v) is 5.85. The predicted molar refractivity (Wildman–Crippen MR) is 66.0 cm³/mol. The molecule has 0 saturated heterocycles. The molecular weight excluding hydrogens is 204 g/mol. The fourth-order valence-electron chi connectivity index (χ4n) is 1.34. The quantitative estimate of drug-likeness (QED) is 0.660. The summed E-state index contributed by atoms with van der Waals surface area (Å²) in [4.78, 5) is 11.9. The lowest BCUT2D eigenvalue weighted by Gasteiger charge is -2.33. The van der Waals surface area contributed by atoms with Crippen LogP contribution in [0.5, 0.6) is 0 Å². The van der Waals surface area contributed by atoms with Crippen LogP contribution in [0.2, 0.25) is 0 Å². The third-order valence-corrected chi connectivity index (χ3v) is 3.08. The van der Waals surface area contributed by atoms with Gasteiger partial charge in [0.1, 0.15) is 0 Å². The number of hydrogen-bond donors (Lipinski definition) is 3. The van der Waals surface area contributed by atoms with Gasteiger partial charge in [0.15, 0.2) is 0 Å². The average molecular weight is 230 g/mol. The molecule has 16 heavy (non-hydrogen) atoms. The zero-order valence-corrected chi connectivity index (χ0v) is 11.1. The zero-order valence-electron chi connectivity index (χ0n) is 11.1. The van der Waals surface area contributed by atoms with Crippen molar-refractivity contribution in [2.75, 3.05) is 6.61 Å². The highest BCUT2D eigenvalue weighted by Gasteiger charge is 2.32. The third-order valence-electron chi connectivity index (χ3n) is 3.08. The summed E-state index contributed by atoms with van der Waals surface area (Å²) >= 11 is 0. The minimum Gasteiger partial charge on any atom is -0.396 e. The van der Waals surface area contributed by atoms with Crippen molar-refractivity contribution in [2.24, 2.45) is 11.1 Å². The molecule has 0 aromatic carbocycles. The highest BCUT2D eigenvalue weighted by Crippen LogP contribution is 2.20. The Morgan fingerprint density at radius 2 is 1.88 bits per heavy atom. The van der Waals surface area contributed by atoms with Gasteiger partial charge in [0.25, 0.3) is 0 Å². The number of carbonyl (C=O) groups is 1. The smallest absolute Gasteiger partial charge is 0.237 e. The summed E-state index contributed by atoms with van der Waals surface area (Å²) in [6.07, 6.45) is 1.32. The maximum absolute atomic E-state index is 11.9. The summed E-state index contributed by atoms with van der Waals surface area (Å²) in [5, 5.41) is 11.9. The van der Waals surface area contributed by atoms with Crippen LogP contribution in [0.1, 0.15) is 47.5 Å². The van der Waals surface area contributed by atoms with Crippen LogP contribution in [-0.2, 0) is 4.79 Å². The fraction of sp³-hybridized carbons (Fsp3) is 0.917. The Labute approximate surface area is 98.6 Å². The van der Waals surface area contributed by atoms with Gasteiger partial charge in [-0.05, 0) is 25.2 Å². The molecule has 0 bridgehead atoms. The van der Waals surface area contributed by atoms with Crippen molar-refractivity contribution in [3.05, 3.63) is 0 Å². The largest absolute Gasteiger partial charge is 0.396 e. The van der Waals surface area contributed by atoms with E-state index in [0.717, 1.165) is 6.42 Å². The molecule has 0 aliphatic rings. The van der Waals surface area contributed by atoms with Gasteiger partial charge in [0.05, 0.1) is 6.04 Å². The van der Waals surface area contributed by atoms with Gasteiger partial charge in [0.2, 0.25) is 5.91 Å². The molecule has 0 aromatic heterocycles. The van der Waals surface area contributed by atoms with Crippen LogP contribution in [0, 0.1) is 5.41 Å². The van der Waals surface area contributed by atoms with Crippen LogP contribution < -0.4 is 11.1 Å². The van der Waals surface area contributed by atoms with Gasteiger partial charge in [0, 0.05) is 12.1 Å². The monoisotopic (exact) mass is 230 g/mol. The van der Waals surface area contributed by atoms with Crippen LogP contribution in [0.3, 0.4) is 0 Å². The van der Waals surface area contributed by atoms with Crippen molar-refractivity contribution < 1.29 is 9.90 Å². The number of amides is 1. The van der Waals surface area contributed by atoms with Gasteiger partial charge in [-0.25, -0.2) is 0 Å². The molecular formula is C12H26N2O2. The summed E-state index contributed by atoms with van der Waals surface area (Å²) in [5.41, 5.74) is 5.26. The van der Waals surface area contributed by atoms with E-state index in [2.05, 4.69) is 5.32 Å². The van der Waals surface area contributed by atoms with Gasteiger partial charge in [-0.1, -0.05) is 27.7 Å². The number of aliphatic hydroxyl groups is 1. The van der Waals surface area contributed by atoms with E-state index in [0.29, 0.717) is 6.42 Å². The minimum absolute atomic E-state index is 0.0649. The normalized spacial score (nSPS) is 17.7. The molecule has 0 saturated carbocycles. The Hall–Kier alpha value is -0.610. The number of nitrogens with one attached hydrogen (secondary N) is 1. The topological polar surface area (TPSA) is 75.3 Å². The number of aliphatic hydroxyl groups excluding tert-OH is 1. The molecule has 2 unspecified atom stereocenters. The van der Waals surface area contributed by atoms with E-state index in [1.807, 2.05) is 34.6 Å². The molecule has 4 heteroatoms. The Balaban J connectivity index is 4.53. The zero-order chi connectivity index (χ0) is 13.0. The van der Waals surface area contributed by atoms with Crippen LogP contribution in [0.15, 0.2) is 0 Å². The Kier molecular flexibility index (Phi) is 5.42. The molecule has 0 fully saturated rings. The van der Waals surface area contributed by atoms with Gasteiger partial charge in [-0.15, -0.1) is 0 Å². The number of nitrogens with two attached hydrogens (primary N) is 1. The third kappa shape index (κ3) is 4.49. The SMILES string of the molecule is CCC(C)(CCO)NC(=O)C(N)C(C)(C)C. The molecule has 2 atom stereocenters. The predicted octanol–water partition coefficient (Wildman–Crippen LogP) is 1.03. The first-order chi connectivity index (χ1) is 7.16. The average Bonchev–Trinajstić information content (AvgIpc) is 2.15. The second-order valence-electron chi connectivity index (χ2n) is 5.72. The summed E-state index contributed by atoms with van der Waals surface area (Å²) in [6.45, 7) is 9.79. The molecule has 96 valence electrons. The summed E-state index contributed by atoms with van der Waals surface area (Å²) in [5.74, 6) is -0.148. The lowest BCUT2D eigenvalue weighted by molar-refractivity contribution is -0.126. The second-order valence-corrected chi connectivity index (χ2v) is 5.72. The number of rotatable bonds is 5. The molecule has 0 aromatic rings. The molecule has 1 amide bonds. The molecule has 4 N–H and O–H groups in total. The minimum atomic E-state index is -0.530. The fourth-order valence-corrected chi connectivity index (χ4v) is 1.34. The second kappa shape index (κ2) is 5.64. The molecule has 0 aliphatic heterocycles. The van der Waals surface area contributed by atoms with E-state index in [9.17, 15) is 4.79 Å². The van der Waals surface area contributed by atoms with Crippen LogP contribution in [0.25, 0.3) is 0 Å². The van der Waals surface area contributed by atoms with Gasteiger partial charge >= 0.3 is 0 Å². The summed E-state index contributed by atoms with van der Waals surface area (Å²) < 4.78 is 0. The van der Waals surface area contributed by atoms with E-state index < -0.39 is 6.04 Å². The first-order valence-electron chi connectivity index (χ1n) is 5.85. The van der Waals surface area contributed by atoms with Crippen LogP contribution in [-0.4, -0.2) is 29.2 Å². The molecule has 0 rings (SSSR count). The molecule has 0 heterocycles.